The first-order valence-corrected chi connectivity index (χ1v) is 6.97. The summed E-state index contributed by atoms with van der Waals surface area (Å²) in [5.41, 5.74) is 1.60. The molecule has 0 N–H and O–H groups in total. The molecule has 1 aromatic heterocycles. The minimum Gasteiger partial charge on any atom is -0.300 e. The number of carbonyl (C=O) groups is 1. The van der Waals surface area contributed by atoms with E-state index in [1.54, 1.807) is 6.07 Å². The number of carbonyl (C=O) groups excluding carboxylic acids is 1. The van der Waals surface area contributed by atoms with Crippen LogP contribution in [0.3, 0.4) is 0 Å². The molecule has 1 heterocycles. The van der Waals surface area contributed by atoms with Crippen molar-refractivity contribution in [3.8, 4) is 6.07 Å². The molecule has 0 amide bonds. The first kappa shape index (κ1) is 12.9. The smallest absolute Gasteiger partial charge is 0.133 e. The minimum absolute atomic E-state index is 0.0169. The zero-order chi connectivity index (χ0) is 14.2. The van der Waals surface area contributed by atoms with E-state index in [0.717, 1.165) is 30.3 Å². The predicted octanol–water partition coefficient (Wildman–Crippen LogP) is 3.06. The molecular formula is C16H17N3O. The van der Waals surface area contributed by atoms with E-state index in [9.17, 15) is 4.79 Å². The van der Waals surface area contributed by atoms with Crippen molar-refractivity contribution in [3.05, 3.63) is 30.0 Å². The summed E-state index contributed by atoms with van der Waals surface area (Å²) in [6, 6.07) is 7.76. The lowest BCUT2D eigenvalue weighted by Crippen LogP contribution is -2.30. The van der Waals surface area contributed by atoms with Crippen molar-refractivity contribution in [3.63, 3.8) is 0 Å². The SMILES string of the molecule is C[C@]1(Cn2ncc3ccc(C#N)cc32)CCCC(=O)C1. The molecule has 20 heavy (non-hydrogen) atoms. The summed E-state index contributed by atoms with van der Waals surface area (Å²) in [6.07, 6.45) is 5.20. The highest BCUT2D eigenvalue weighted by Crippen LogP contribution is 2.36. The van der Waals surface area contributed by atoms with Crippen molar-refractivity contribution in [1.82, 2.24) is 9.78 Å². The Balaban J connectivity index is 1.94. The monoisotopic (exact) mass is 267 g/mol. The number of hydrogen-bond donors (Lipinski definition) is 0. The summed E-state index contributed by atoms with van der Waals surface area (Å²) in [7, 11) is 0. The summed E-state index contributed by atoms with van der Waals surface area (Å²) >= 11 is 0. The van der Waals surface area contributed by atoms with E-state index in [-0.39, 0.29) is 5.41 Å². The number of ketones is 1. The van der Waals surface area contributed by atoms with Crippen LogP contribution in [-0.4, -0.2) is 15.6 Å². The molecule has 4 nitrogen and oxygen atoms in total. The van der Waals surface area contributed by atoms with Crippen LogP contribution in [0.25, 0.3) is 10.9 Å². The normalized spacial score (nSPS) is 22.9. The van der Waals surface area contributed by atoms with Crippen LogP contribution in [0.15, 0.2) is 24.4 Å². The number of aromatic nitrogens is 2. The molecule has 1 aliphatic rings. The van der Waals surface area contributed by atoms with E-state index in [1.165, 1.54) is 0 Å². The van der Waals surface area contributed by atoms with Gasteiger partial charge in [0.25, 0.3) is 0 Å². The third-order valence-corrected chi connectivity index (χ3v) is 4.17. The molecule has 0 spiro atoms. The number of nitriles is 1. The number of rotatable bonds is 2. The largest absolute Gasteiger partial charge is 0.300 e. The highest BCUT2D eigenvalue weighted by molar-refractivity contribution is 5.81. The van der Waals surface area contributed by atoms with Gasteiger partial charge in [0, 0.05) is 24.8 Å². The van der Waals surface area contributed by atoms with Crippen LogP contribution >= 0.6 is 0 Å². The van der Waals surface area contributed by atoms with Gasteiger partial charge < -0.3 is 0 Å². The Kier molecular flexibility index (Phi) is 3.06. The molecule has 1 aromatic carbocycles. The molecule has 0 saturated heterocycles. The summed E-state index contributed by atoms with van der Waals surface area (Å²) in [5.74, 6) is 0.355. The molecule has 1 saturated carbocycles. The lowest BCUT2D eigenvalue weighted by molar-refractivity contribution is -0.123. The topological polar surface area (TPSA) is 58.7 Å². The summed E-state index contributed by atoms with van der Waals surface area (Å²) in [4.78, 5) is 11.7. The van der Waals surface area contributed by atoms with Crippen LogP contribution in [0.1, 0.15) is 38.2 Å². The zero-order valence-electron chi connectivity index (χ0n) is 11.6. The maximum Gasteiger partial charge on any atom is 0.133 e. The maximum absolute atomic E-state index is 11.7. The zero-order valence-corrected chi connectivity index (χ0v) is 11.6. The van der Waals surface area contributed by atoms with Crippen molar-refractivity contribution in [1.29, 1.82) is 5.26 Å². The van der Waals surface area contributed by atoms with Gasteiger partial charge in [-0.15, -0.1) is 0 Å². The fourth-order valence-electron chi connectivity index (χ4n) is 3.13. The fourth-order valence-corrected chi connectivity index (χ4v) is 3.13. The van der Waals surface area contributed by atoms with Crippen LogP contribution in [0.2, 0.25) is 0 Å². The van der Waals surface area contributed by atoms with Crippen molar-refractivity contribution in [2.75, 3.05) is 0 Å². The van der Waals surface area contributed by atoms with Crippen molar-refractivity contribution in [2.45, 2.75) is 39.2 Å². The molecule has 2 aromatic rings. The summed E-state index contributed by atoms with van der Waals surface area (Å²) in [6.45, 7) is 2.89. The van der Waals surface area contributed by atoms with Crippen LogP contribution in [0.5, 0.6) is 0 Å². The Morgan fingerprint density at radius 3 is 3.10 bits per heavy atom. The van der Waals surface area contributed by atoms with Gasteiger partial charge in [-0.25, -0.2) is 0 Å². The molecule has 1 atom stereocenters. The van der Waals surface area contributed by atoms with E-state index in [0.29, 0.717) is 24.2 Å². The molecule has 3 rings (SSSR count). The van der Waals surface area contributed by atoms with E-state index >= 15 is 0 Å². The van der Waals surface area contributed by atoms with Crippen LogP contribution in [0, 0.1) is 16.7 Å². The Hall–Kier alpha value is -2.15. The maximum atomic E-state index is 11.7. The molecule has 102 valence electrons. The summed E-state index contributed by atoms with van der Waals surface area (Å²) in [5, 5.41) is 14.5. The van der Waals surface area contributed by atoms with Gasteiger partial charge in [-0.3, -0.25) is 9.48 Å². The lowest BCUT2D eigenvalue weighted by atomic mass is 9.75. The molecular weight excluding hydrogens is 250 g/mol. The quantitative estimate of drug-likeness (QED) is 0.840. The second-order valence-corrected chi connectivity index (χ2v) is 6.07. The average molecular weight is 267 g/mol. The van der Waals surface area contributed by atoms with Gasteiger partial charge in [0.15, 0.2) is 0 Å². The highest BCUT2D eigenvalue weighted by Gasteiger charge is 2.32. The number of fused-ring (bicyclic) bond motifs is 1. The van der Waals surface area contributed by atoms with E-state index in [1.807, 2.05) is 23.0 Å². The van der Waals surface area contributed by atoms with Gasteiger partial charge in [0.1, 0.15) is 5.78 Å². The molecule has 0 unspecified atom stereocenters. The standard InChI is InChI=1S/C16H17N3O/c1-16(6-2-3-14(20)8-16)11-19-15-7-12(9-17)4-5-13(15)10-18-19/h4-5,7,10H,2-3,6,8,11H2,1H3/t16-/m0/s1. The third-order valence-electron chi connectivity index (χ3n) is 4.17. The lowest BCUT2D eigenvalue weighted by Gasteiger charge is -2.32. The molecule has 4 heteroatoms. The minimum atomic E-state index is -0.0169. The fraction of sp³-hybridized carbons (Fsp3) is 0.438. The number of Topliss-reactive ketones (excluding diaryl/α,β-unsaturated/α-hetero) is 1. The highest BCUT2D eigenvalue weighted by atomic mass is 16.1. The Morgan fingerprint density at radius 2 is 2.35 bits per heavy atom. The first-order valence-electron chi connectivity index (χ1n) is 6.97. The van der Waals surface area contributed by atoms with Crippen LogP contribution in [0.4, 0.5) is 0 Å². The predicted molar refractivity (Wildman–Crippen MR) is 76.0 cm³/mol. The second-order valence-electron chi connectivity index (χ2n) is 6.07. The molecule has 0 radical (unpaired) electrons. The van der Waals surface area contributed by atoms with Gasteiger partial charge in [-0.1, -0.05) is 6.92 Å². The number of hydrogen-bond acceptors (Lipinski definition) is 3. The third kappa shape index (κ3) is 2.32. The average Bonchev–Trinajstić information content (AvgIpc) is 2.80. The second kappa shape index (κ2) is 4.75. The molecule has 1 fully saturated rings. The Labute approximate surface area is 118 Å². The van der Waals surface area contributed by atoms with Gasteiger partial charge >= 0.3 is 0 Å². The van der Waals surface area contributed by atoms with Crippen LogP contribution in [-0.2, 0) is 11.3 Å². The van der Waals surface area contributed by atoms with E-state index in [4.69, 9.17) is 5.26 Å². The van der Waals surface area contributed by atoms with Crippen molar-refractivity contribution >= 4 is 16.7 Å². The number of nitrogens with zero attached hydrogens (tertiary/aromatic N) is 3. The molecule has 1 aliphatic carbocycles. The van der Waals surface area contributed by atoms with Crippen molar-refractivity contribution in [2.24, 2.45) is 5.41 Å². The van der Waals surface area contributed by atoms with Gasteiger partial charge in [-0.05, 0) is 36.5 Å². The number of benzene rings is 1. The molecule has 0 aliphatic heterocycles. The van der Waals surface area contributed by atoms with Gasteiger partial charge in [0.05, 0.1) is 23.3 Å². The van der Waals surface area contributed by atoms with Gasteiger partial charge in [0.2, 0.25) is 0 Å². The summed E-state index contributed by atoms with van der Waals surface area (Å²) < 4.78 is 1.94. The van der Waals surface area contributed by atoms with Crippen LogP contribution < -0.4 is 0 Å². The van der Waals surface area contributed by atoms with E-state index < -0.39 is 0 Å². The van der Waals surface area contributed by atoms with Gasteiger partial charge in [-0.2, -0.15) is 10.4 Å². The van der Waals surface area contributed by atoms with E-state index in [2.05, 4.69) is 18.1 Å². The Bertz CT molecular complexity index is 710. The first-order chi connectivity index (χ1) is 9.59. The molecule has 0 bridgehead atoms. The van der Waals surface area contributed by atoms with Crippen molar-refractivity contribution < 1.29 is 4.79 Å². The Morgan fingerprint density at radius 1 is 1.50 bits per heavy atom.